The molecule has 128 valence electrons. The van der Waals surface area contributed by atoms with E-state index in [-0.39, 0.29) is 5.69 Å². The van der Waals surface area contributed by atoms with Crippen molar-refractivity contribution in [3.8, 4) is 0 Å². The Balaban J connectivity index is 1.87. The standard InChI is InChI=1S/C17H18N6O2/c1-2-19-15-9-14-13(8-16(15)23(24)25)17(22-11-21-14)20-7-5-12-4-3-6-18-10-12/h3-4,6,8-11,19H,2,5,7H2,1H3,(H,20,21,22). The molecule has 0 spiro atoms. The first-order valence-corrected chi connectivity index (χ1v) is 7.99. The molecular weight excluding hydrogens is 320 g/mol. The molecule has 0 atom stereocenters. The minimum absolute atomic E-state index is 0.0134. The van der Waals surface area contributed by atoms with Gasteiger partial charge in [-0.2, -0.15) is 0 Å². The second kappa shape index (κ2) is 7.52. The van der Waals surface area contributed by atoms with Gasteiger partial charge in [0.2, 0.25) is 0 Å². The molecule has 1 aromatic carbocycles. The summed E-state index contributed by atoms with van der Waals surface area (Å²) in [6.45, 7) is 3.12. The zero-order valence-electron chi connectivity index (χ0n) is 13.8. The number of nitrogens with zero attached hydrogens (tertiary/aromatic N) is 4. The molecule has 2 aromatic heterocycles. The molecule has 2 N–H and O–H groups in total. The molecule has 0 bridgehead atoms. The largest absolute Gasteiger partial charge is 0.380 e. The van der Waals surface area contributed by atoms with Crippen molar-refractivity contribution in [3.63, 3.8) is 0 Å². The zero-order chi connectivity index (χ0) is 17.6. The number of fused-ring (bicyclic) bond motifs is 1. The summed E-state index contributed by atoms with van der Waals surface area (Å²) in [6.07, 6.45) is 5.77. The third-order valence-electron chi connectivity index (χ3n) is 3.75. The minimum Gasteiger partial charge on any atom is -0.380 e. The van der Waals surface area contributed by atoms with Crippen LogP contribution in [0.1, 0.15) is 12.5 Å². The smallest absolute Gasteiger partial charge is 0.293 e. The van der Waals surface area contributed by atoms with Gasteiger partial charge in [0.05, 0.1) is 10.4 Å². The van der Waals surface area contributed by atoms with Gasteiger partial charge in [0.25, 0.3) is 5.69 Å². The van der Waals surface area contributed by atoms with Crippen molar-refractivity contribution in [2.45, 2.75) is 13.3 Å². The molecule has 0 fully saturated rings. The Morgan fingerprint density at radius 3 is 2.84 bits per heavy atom. The van der Waals surface area contributed by atoms with Crippen LogP contribution in [0.15, 0.2) is 43.0 Å². The predicted molar refractivity (Wildman–Crippen MR) is 96.8 cm³/mol. The quantitative estimate of drug-likeness (QED) is 0.504. The highest BCUT2D eigenvalue weighted by atomic mass is 16.6. The normalized spacial score (nSPS) is 10.6. The van der Waals surface area contributed by atoms with E-state index in [0.717, 1.165) is 12.0 Å². The number of nitro groups is 1. The summed E-state index contributed by atoms with van der Waals surface area (Å²) in [5.41, 5.74) is 2.23. The summed E-state index contributed by atoms with van der Waals surface area (Å²) in [6, 6.07) is 7.09. The van der Waals surface area contributed by atoms with Crippen LogP contribution in [0.2, 0.25) is 0 Å². The summed E-state index contributed by atoms with van der Waals surface area (Å²) >= 11 is 0. The molecule has 25 heavy (non-hydrogen) atoms. The maximum absolute atomic E-state index is 11.3. The second-order valence-electron chi connectivity index (χ2n) is 5.43. The van der Waals surface area contributed by atoms with Crippen LogP contribution in [0.5, 0.6) is 0 Å². The van der Waals surface area contributed by atoms with Crippen molar-refractivity contribution >= 4 is 28.1 Å². The molecule has 0 saturated carbocycles. The third kappa shape index (κ3) is 3.79. The summed E-state index contributed by atoms with van der Waals surface area (Å²) in [5, 5.41) is 18.2. The van der Waals surface area contributed by atoms with Gasteiger partial charge in [-0.15, -0.1) is 0 Å². The molecule has 3 rings (SSSR count). The average molecular weight is 338 g/mol. The molecule has 0 aliphatic carbocycles. The lowest BCUT2D eigenvalue weighted by Crippen LogP contribution is -2.08. The maximum Gasteiger partial charge on any atom is 0.293 e. The van der Waals surface area contributed by atoms with Gasteiger partial charge < -0.3 is 10.6 Å². The molecule has 8 nitrogen and oxygen atoms in total. The van der Waals surface area contributed by atoms with Crippen LogP contribution in [-0.2, 0) is 6.42 Å². The van der Waals surface area contributed by atoms with Gasteiger partial charge in [0, 0.05) is 36.9 Å². The number of pyridine rings is 1. The van der Waals surface area contributed by atoms with Crippen molar-refractivity contribution in [2.24, 2.45) is 0 Å². The molecule has 8 heteroatoms. The molecule has 2 heterocycles. The first-order chi connectivity index (χ1) is 12.2. The van der Waals surface area contributed by atoms with Crippen LogP contribution < -0.4 is 10.6 Å². The molecule has 0 radical (unpaired) electrons. The van der Waals surface area contributed by atoms with Crippen LogP contribution in [0.25, 0.3) is 10.9 Å². The van der Waals surface area contributed by atoms with Gasteiger partial charge >= 0.3 is 0 Å². The van der Waals surface area contributed by atoms with E-state index in [9.17, 15) is 10.1 Å². The van der Waals surface area contributed by atoms with Crippen molar-refractivity contribution in [3.05, 3.63) is 58.7 Å². The Morgan fingerprint density at radius 1 is 1.24 bits per heavy atom. The number of aromatic nitrogens is 3. The van der Waals surface area contributed by atoms with Crippen LogP contribution >= 0.6 is 0 Å². The highest BCUT2D eigenvalue weighted by Crippen LogP contribution is 2.31. The van der Waals surface area contributed by atoms with E-state index in [1.165, 1.54) is 12.4 Å². The van der Waals surface area contributed by atoms with E-state index in [4.69, 9.17) is 0 Å². The first-order valence-electron chi connectivity index (χ1n) is 7.99. The number of hydrogen-bond donors (Lipinski definition) is 2. The Kier molecular flexibility index (Phi) is 4.98. The van der Waals surface area contributed by atoms with Crippen molar-refractivity contribution in [2.75, 3.05) is 23.7 Å². The molecule has 0 saturated heterocycles. The number of rotatable bonds is 7. The highest BCUT2D eigenvalue weighted by Gasteiger charge is 2.17. The lowest BCUT2D eigenvalue weighted by atomic mass is 10.1. The van der Waals surface area contributed by atoms with Crippen molar-refractivity contribution < 1.29 is 4.92 Å². The first kappa shape index (κ1) is 16.6. The Labute approximate surface area is 144 Å². The van der Waals surface area contributed by atoms with Gasteiger partial charge in [-0.25, -0.2) is 9.97 Å². The van der Waals surface area contributed by atoms with Gasteiger partial charge in [-0.05, 0) is 31.0 Å². The Hall–Kier alpha value is -3.29. The number of benzene rings is 1. The second-order valence-corrected chi connectivity index (χ2v) is 5.43. The van der Waals surface area contributed by atoms with Gasteiger partial charge in [-0.1, -0.05) is 6.07 Å². The summed E-state index contributed by atoms with van der Waals surface area (Å²) < 4.78 is 0. The molecule has 3 aromatic rings. The highest BCUT2D eigenvalue weighted by molar-refractivity contribution is 5.94. The molecule has 0 aliphatic heterocycles. The summed E-state index contributed by atoms with van der Waals surface area (Å²) in [5.74, 6) is 0.583. The van der Waals surface area contributed by atoms with E-state index in [0.29, 0.717) is 35.5 Å². The number of hydrogen-bond acceptors (Lipinski definition) is 7. The predicted octanol–water partition coefficient (Wildman–Crippen LogP) is 3.02. The Bertz CT molecular complexity index is 885. The van der Waals surface area contributed by atoms with Crippen molar-refractivity contribution in [1.29, 1.82) is 0 Å². The summed E-state index contributed by atoms with van der Waals surface area (Å²) in [7, 11) is 0. The van der Waals surface area contributed by atoms with E-state index >= 15 is 0 Å². The molecule has 0 amide bonds. The van der Waals surface area contributed by atoms with Gasteiger partial charge in [0.1, 0.15) is 17.8 Å². The zero-order valence-corrected chi connectivity index (χ0v) is 13.8. The van der Waals surface area contributed by atoms with Crippen LogP contribution in [0.3, 0.4) is 0 Å². The third-order valence-corrected chi connectivity index (χ3v) is 3.75. The van der Waals surface area contributed by atoms with E-state index in [1.807, 2.05) is 25.3 Å². The number of nitro benzene ring substituents is 1. The lowest BCUT2D eigenvalue weighted by molar-refractivity contribution is -0.383. The average Bonchev–Trinajstić information content (AvgIpc) is 2.62. The van der Waals surface area contributed by atoms with Gasteiger partial charge in [0.15, 0.2) is 0 Å². The maximum atomic E-state index is 11.3. The van der Waals surface area contributed by atoms with E-state index < -0.39 is 4.92 Å². The van der Waals surface area contributed by atoms with Gasteiger partial charge in [-0.3, -0.25) is 15.1 Å². The van der Waals surface area contributed by atoms with Crippen LogP contribution in [-0.4, -0.2) is 33.0 Å². The fourth-order valence-electron chi connectivity index (χ4n) is 2.59. The Morgan fingerprint density at radius 2 is 2.12 bits per heavy atom. The monoisotopic (exact) mass is 338 g/mol. The fourth-order valence-corrected chi connectivity index (χ4v) is 2.59. The SMILES string of the molecule is CCNc1cc2ncnc(NCCc3cccnc3)c2cc1[N+](=O)[O-]. The van der Waals surface area contributed by atoms with Crippen molar-refractivity contribution in [1.82, 2.24) is 15.0 Å². The summed E-state index contributed by atoms with van der Waals surface area (Å²) in [4.78, 5) is 23.5. The van der Waals surface area contributed by atoms with E-state index in [2.05, 4.69) is 25.6 Å². The number of anilines is 2. The number of nitrogens with one attached hydrogen (secondary N) is 2. The van der Waals surface area contributed by atoms with E-state index in [1.54, 1.807) is 12.3 Å². The molecule has 0 unspecified atom stereocenters. The van der Waals surface area contributed by atoms with Crippen LogP contribution in [0.4, 0.5) is 17.2 Å². The lowest BCUT2D eigenvalue weighted by Gasteiger charge is -2.10. The van der Waals surface area contributed by atoms with Crippen LogP contribution in [0, 0.1) is 10.1 Å². The molecular formula is C17H18N6O2. The topological polar surface area (TPSA) is 106 Å². The fraction of sp³-hybridized carbons (Fsp3) is 0.235. The molecule has 0 aliphatic rings. The minimum atomic E-state index is -0.399.